The van der Waals surface area contributed by atoms with Crippen LogP contribution in [0.5, 0.6) is 5.75 Å². The lowest BCUT2D eigenvalue weighted by Crippen LogP contribution is -2.47. The topological polar surface area (TPSA) is 133 Å². The molecule has 2 N–H and O–H groups in total. The van der Waals surface area contributed by atoms with Crippen molar-refractivity contribution < 1.29 is 37.8 Å². The fourth-order valence-electron chi connectivity index (χ4n) is 3.34. The minimum absolute atomic E-state index is 0.0560. The third kappa shape index (κ3) is 6.25. The quantitative estimate of drug-likeness (QED) is 0.378. The van der Waals surface area contributed by atoms with Crippen molar-refractivity contribution in [2.45, 2.75) is 32.7 Å². The summed E-state index contributed by atoms with van der Waals surface area (Å²) in [5.74, 6) is -0.589. The number of carbonyl (C=O) groups excluding carboxylic acids is 4. The van der Waals surface area contributed by atoms with E-state index in [9.17, 15) is 19.2 Å². The minimum atomic E-state index is -0.905. The molecule has 1 aromatic heterocycles. The number of furan rings is 1. The van der Waals surface area contributed by atoms with Crippen LogP contribution in [0.4, 0.5) is 4.79 Å². The number of esters is 2. The lowest BCUT2D eigenvalue weighted by atomic mass is 10.0. The van der Waals surface area contributed by atoms with Crippen molar-refractivity contribution in [3.8, 4) is 5.75 Å². The zero-order valence-electron chi connectivity index (χ0n) is 18.9. The molecule has 0 fully saturated rings. The fourth-order valence-corrected chi connectivity index (χ4v) is 3.34. The van der Waals surface area contributed by atoms with Crippen LogP contribution < -0.4 is 15.4 Å². The predicted molar refractivity (Wildman–Crippen MR) is 119 cm³/mol. The van der Waals surface area contributed by atoms with Crippen LogP contribution in [-0.4, -0.2) is 43.6 Å². The number of hydrogen-bond donors (Lipinski definition) is 2. The second-order valence-electron chi connectivity index (χ2n) is 7.20. The second-order valence-corrected chi connectivity index (χ2v) is 7.20. The Balaban J connectivity index is 1.64. The Morgan fingerprint density at radius 2 is 1.76 bits per heavy atom. The molecule has 2 amide bonds. The van der Waals surface area contributed by atoms with E-state index in [1.807, 2.05) is 6.92 Å². The molecule has 0 aliphatic carbocycles. The number of ether oxygens (including phenoxy) is 3. The first-order valence-corrected chi connectivity index (χ1v) is 10.9. The molecule has 0 saturated heterocycles. The van der Waals surface area contributed by atoms with Gasteiger partial charge in [0.15, 0.2) is 5.78 Å². The van der Waals surface area contributed by atoms with E-state index in [2.05, 4.69) is 10.6 Å². The number of ketones is 1. The van der Waals surface area contributed by atoms with Gasteiger partial charge in [0, 0.05) is 12.0 Å². The average Bonchev–Trinajstić information content (AvgIpc) is 3.36. The van der Waals surface area contributed by atoms with Crippen molar-refractivity contribution >= 4 is 23.8 Å². The molecule has 2 aromatic rings. The largest absolute Gasteiger partial charge is 0.494 e. The lowest BCUT2D eigenvalue weighted by Gasteiger charge is -2.27. The number of Topliss-reactive ketones (excluding diaryl/α,β-unsaturated/α-hetero) is 1. The van der Waals surface area contributed by atoms with Crippen LogP contribution in [0.1, 0.15) is 48.8 Å². The summed E-state index contributed by atoms with van der Waals surface area (Å²) in [6, 6.07) is 8.37. The van der Waals surface area contributed by atoms with Gasteiger partial charge < -0.3 is 29.3 Å². The predicted octanol–water partition coefficient (Wildman–Crippen LogP) is 3.06. The van der Waals surface area contributed by atoms with Crippen molar-refractivity contribution in [3.63, 3.8) is 0 Å². The van der Waals surface area contributed by atoms with Crippen molar-refractivity contribution in [2.24, 2.45) is 0 Å². The number of rotatable bonds is 11. The molecule has 34 heavy (non-hydrogen) atoms. The zero-order valence-corrected chi connectivity index (χ0v) is 18.9. The van der Waals surface area contributed by atoms with E-state index in [4.69, 9.17) is 18.6 Å². The van der Waals surface area contributed by atoms with Crippen LogP contribution in [0.15, 0.2) is 58.3 Å². The number of nitrogens with one attached hydrogen (secondary N) is 2. The second kappa shape index (κ2) is 11.7. The van der Waals surface area contributed by atoms with E-state index in [0.29, 0.717) is 23.7 Å². The highest BCUT2D eigenvalue weighted by Crippen LogP contribution is 2.28. The minimum Gasteiger partial charge on any atom is -0.494 e. The SMILES string of the molecule is CCOC(=O)C1=C(COC(=O)CCC(=O)c2ccc(OCC)cc2)NC(=O)N[C@@H]1c1ccco1. The van der Waals surface area contributed by atoms with Crippen LogP contribution in [0.25, 0.3) is 0 Å². The summed E-state index contributed by atoms with van der Waals surface area (Å²) in [5.41, 5.74) is 0.597. The number of benzene rings is 1. The summed E-state index contributed by atoms with van der Waals surface area (Å²) in [6.07, 6.45) is 1.19. The van der Waals surface area contributed by atoms with E-state index in [1.165, 1.54) is 6.26 Å². The van der Waals surface area contributed by atoms with Crippen molar-refractivity contribution in [1.29, 1.82) is 0 Å². The summed E-state index contributed by atoms with van der Waals surface area (Å²) in [6.45, 7) is 3.77. The Labute approximate surface area is 196 Å². The van der Waals surface area contributed by atoms with Crippen LogP contribution in [0.2, 0.25) is 0 Å². The van der Waals surface area contributed by atoms with E-state index in [-0.39, 0.29) is 43.1 Å². The molecule has 0 spiro atoms. The highest BCUT2D eigenvalue weighted by molar-refractivity contribution is 5.98. The molecular formula is C24H26N2O8. The Hall–Kier alpha value is -4.08. The molecule has 10 heteroatoms. The molecule has 10 nitrogen and oxygen atoms in total. The molecule has 0 unspecified atom stereocenters. The molecule has 0 bridgehead atoms. The highest BCUT2D eigenvalue weighted by Gasteiger charge is 2.35. The van der Waals surface area contributed by atoms with Gasteiger partial charge in [-0.25, -0.2) is 9.59 Å². The van der Waals surface area contributed by atoms with Gasteiger partial charge in [-0.2, -0.15) is 0 Å². The number of hydrogen-bond acceptors (Lipinski definition) is 8. The lowest BCUT2D eigenvalue weighted by molar-refractivity contribution is -0.143. The van der Waals surface area contributed by atoms with E-state index >= 15 is 0 Å². The third-order valence-corrected chi connectivity index (χ3v) is 4.90. The van der Waals surface area contributed by atoms with Crippen molar-refractivity contribution in [1.82, 2.24) is 10.6 Å². The Morgan fingerprint density at radius 3 is 2.41 bits per heavy atom. The van der Waals surface area contributed by atoms with Gasteiger partial charge in [0.25, 0.3) is 0 Å². The highest BCUT2D eigenvalue weighted by atomic mass is 16.5. The Kier molecular flexibility index (Phi) is 8.44. The smallest absolute Gasteiger partial charge is 0.338 e. The number of carbonyl (C=O) groups is 4. The summed E-state index contributed by atoms with van der Waals surface area (Å²) < 4.78 is 21.0. The molecule has 0 radical (unpaired) electrons. The van der Waals surface area contributed by atoms with Gasteiger partial charge in [-0.05, 0) is 50.2 Å². The van der Waals surface area contributed by atoms with Gasteiger partial charge in [-0.15, -0.1) is 0 Å². The molecule has 1 aliphatic rings. The average molecular weight is 470 g/mol. The van der Waals surface area contributed by atoms with Crippen LogP contribution in [0, 0.1) is 0 Å². The maximum Gasteiger partial charge on any atom is 0.338 e. The monoisotopic (exact) mass is 470 g/mol. The van der Waals surface area contributed by atoms with Crippen LogP contribution in [-0.2, 0) is 19.1 Å². The third-order valence-electron chi connectivity index (χ3n) is 4.90. The van der Waals surface area contributed by atoms with Crippen molar-refractivity contribution in [3.05, 3.63) is 65.3 Å². The van der Waals surface area contributed by atoms with Gasteiger partial charge in [0.1, 0.15) is 24.2 Å². The first kappa shape index (κ1) is 24.6. The zero-order chi connectivity index (χ0) is 24.5. The molecule has 2 heterocycles. The molecular weight excluding hydrogens is 444 g/mol. The molecule has 3 rings (SSSR count). The van der Waals surface area contributed by atoms with E-state index in [1.54, 1.807) is 43.3 Å². The van der Waals surface area contributed by atoms with E-state index in [0.717, 1.165) is 0 Å². The first-order valence-electron chi connectivity index (χ1n) is 10.9. The standard InChI is InChI=1S/C24H26N2O8/c1-3-31-16-9-7-15(8-10-16)18(27)11-12-20(28)34-14-17-21(23(29)32-4-2)22(26-24(30)25-17)19-6-5-13-33-19/h5-10,13,22H,3-4,11-12,14H2,1-2H3,(H2,25,26,30)/t22-/m1/s1. The van der Waals surface area contributed by atoms with Gasteiger partial charge in [0.05, 0.1) is 37.2 Å². The summed E-state index contributed by atoms with van der Waals surface area (Å²) in [5, 5.41) is 5.09. The number of urea groups is 1. The van der Waals surface area contributed by atoms with E-state index < -0.39 is 24.0 Å². The first-order chi connectivity index (χ1) is 16.4. The Morgan fingerprint density at radius 1 is 1.00 bits per heavy atom. The fraction of sp³-hybridized carbons (Fsp3) is 0.333. The Bertz CT molecular complexity index is 1060. The maximum absolute atomic E-state index is 12.6. The summed E-state index contributed by atoms with van der Waals surface area (Å²) in [4.78, 5) is 49.4. The number of amides is 2. The summed E-state index contributed by atoms with van der Waals surface area (Å²) >= 11 is 0. The van der Waals surface area contributed by atoms with Gasteiger partial charge in [-0.1, -0.05) is 0 Å². The molecule has 1 atom stereocenters. The molecule has 180 valence electrons. The molecule has 0 saturated carbocycles. The van der Waals surface area contributed by atoms with Crippen LogP contribution in [0.3, 0.4) is 0 Å². The van der Waals surface area contributed by atoms with Gasteiger partial charge in [-0.3, -0.25) is 9.59 Å². The summed E-state index contributed by atoms with van der Waals surface area (Å²) in [7, 11) is 0. The van der Waals surface area contributed by atoms with Crippen LogP contribution >= 0.6 is 0 Å². The van der Waals surface area contributed by atoms with Crippen molar-refractivity contribution in [2.75, 3.05) is 19.8 Å². The maximum atomic E-state index is 12.6. The van der Waals surface area contributed by atoms with Gasteiger partial charge >= 0.3 is 18.0 Å². The normalized spacial score (nSPS) is 15.2. The molecule has 1 aromatic carbocycles. The van der Waals surface area contributed by atoms with Gasteiger partial charge in [0.2, 0.25) is 0 Å². The molecule has 1 aliphatic heterocycles.